The molecule has 2 aromatic carbocycles. The van der Waals surface area contributed by atoms with Crippen molar-refractivity contribution in [2.45, 2.75) is 19.8 Å². The maximum absolute atomic E-state index is 11.8. The molecule has 4 heteroatoms. The topological polar surface area (TPSA) is 64.3 Å². The number of rotatable bonds is 3. The van der Waals surface area contributed by atoms with Gasteiger partial charge in [0.2, 0.25) is 0 Å². The summed E-state index contributed by atoms with van der Waals surface area (Å²) >= 11 is 0. The van der Waals surface area contributed by atoms with E-state index in [0.29, 0.717) is 5.56 Å². The summed E-state index contributed by atoms with van der Waals surface area (Å²) in [6.07, 6.45) is 4.22. The van der Waals surface area contributed by atoms with Gasteiger partial charge in [0.1, 0.15) is 5.75 Å². The first-order valence-electron chi connectivity index (χ1n) is 7.63. The van der Waals surface area contributed by atoms with Crippen LogP contribution in [0.15, 0.2) is 42.5 Å². The summed E-state index contributed by atoms with van der Waals surface area (Å²) < 4.78 is 5.29. The molecule has 1 aliphatic rings. The number of carbonyl (C=O) groups excluding carboxylic acids is 1. The summed E-state index contributed by atoms with van der Waals surface area (Å²) in [4.78, 5) is 11.8. The van der Waals surface area contributed by atoms with Crippen LogP contribution in [0.5, 0.6) is 5.75 Å². The lowest BCUT2D eigenvalue weighted by molar-refractivity contribution is 0.0953. The summed E-state index contributed by atoms with van der Waals surface area (Å²) in [6, 6.07) is 11.8. The fourth-order valence-electron chi connectivity index (χ4n) is 3.07. The molecule has 0 saturated heterocycles. The minimum atomic E-state index is -0.274. The van der Waals surface area contributed by atoms with Gasteiger partial charge >= 0.3 is 0 Å². The molecular weight excluding hydrogens is 288 g/mol. The lowest BCUT2D eigenvalue weighted by Crippen LogP contribution is -2.30. The molecule has 3 N–H and O–H groups in total. The molecule has 118 valence electrons. The average molecular weight is 308 g/mol. The summed E-state index contributed by atoms with van der Waals surface area (Å²) in [5.74, 6) is 5.83. The zero-order valence-corrected chi connectivity index (χ0v) is 13.3. The lowest BCUT2D eigenvalue weighted by Gasteiger charge is -2.20. The predicted octanol–water partition coefficient (Wildman–Crippen LogP) is 2.99. The van der Waals surface area contributed by atoms with Crippen LogP contribution in [0.4, 0.5) is 0 Å². The molecule has 0 aliphatic heterocycles. The van der Waals surface area contributed by atoms with Crippen molar-refractivity contribution < 1.29 is 9.53 Å². The molecule has 0 unspecified atom stereocenters. The van der Waals surface area contributed by atoms with Crippen molar-refractivity contribution in [1.82, 2.24) is 5.43 Å². The third-order valence-electron chi connectivity index (χ3n) is 4.28. The van der Waals surface area contributed by atoms with E-state index in [9.17, 15) is 4.79 Å². The van der Waals surface area contributed by atoms with Crippen LogP contribution in [-0.2, 0) is 6.42 Å². The van der Waals surface area contributed by atoms with Gasteiger partial charge < -0.3 is 4.74 Å². The Morgan fingerprint density at radius 2 is 2.00 bits per heavy atom. The van der Waals surface area contributed by atoms with E-state index in [1.807, 2.05) is 30.3 Å². The predicted molar refractivity (Wildman–Crippen MR) is 91.2 cm³/mol. The van der Waals surface area contributed by atoms with Crippen LogP contribution < -0.4 is 16.0 Å². The lowest BCUT2D eigenvalue weighted by atomic mass is 9.84. The fraction of sp³-hybridized carbons (Fsp3) is 0.211. The fourth-order valence-corrected chi connectivity index (χ4v) is 3.07. The van der Waals surface area contributed by atoms with Gasteiger partial charge in [0.25, 0.3) is 5.91 Å². The molecular formula is C19H20N2O2. The smallest absolute Gasteiger partial charge is 0.265 e. The van der Waals surface area contributed by atoms with E-state index in [1.165, 1.54) is 5.56 Å². The number of nitrogens with one attached hydrogen (secondary N) is 1. The summed E-state index contributed by atoms with van der Waals surface area (Å²) in [5, 5.41) is 0. The van der Waals surface area contributed by atoms with Crippen molar-refractivity contribution in [3.05, 3.63) is 70.3 Å². The van der Waals surface area contributed by atoms with Crippen molar-refractivity contribution in [1.29, 1.82) is 0 Å². The van der Waals surface area contributed by atoms with Gasteiger partial charge in [-0.1, -0.05) is 18.2 Å². The Morgan fingerprint density at radius 3 is 2.70 bits per heavy atom. The number of aryl methyl sites for hydroxylation is 2. The van der Waals surface area contributed by atoms with Gasteiger partial charge in [0, 0.05) is 5.56 Å². The standard InChI is InChI=1S/C19H20N2O2/c1-12-10-15(23-2)8-9-16(12)17-5-3-4-13-6-7-14(11-18(13)17)19(22)21-20/h5-11H,3-4,20H2,1-2H3,(H,21,22). The van der Waals surface area contributed by atoms with Gasteiger partial charge in [-0.2, -0.15) is 0 Å². The monoisotopic (exact) mass is 308 g/mol. The Morgan fingerprint density at radius 1 is 1.17 bits per heavy atom. The molecule has 3 rings (SSSR count). The van der Waals surface area contributed by atoms with Crippen LogP contribution in [0.3, 0.4) is 0 Å². The molecule has 4 nitrogen and oxygen atoms in total. The number of fused-ring (bicyclic) bond motifs is 1. The van der Waals surface area contributed by atoms with Gasteiger partial charge in [-0.3, -0.25) is 10.2 Å². The highest BCUT2D eigenvalue weighted by Crippen LogP contribution is 2.35. The molecule has 23 heavy (non-hydrogen) atoms. The minimum Gasteiger partial charge on any atom is -0.497 e. The quantitative estimate of drug-likeness (QED) is 0.520. The molecule has 1 amide bonds. The summed E-state index contributed by atoms with van der Waals surface area (Å²) in [7, 11) is 1.67. The number of ether oxygens (including phenoxy) is 1. The van der Waals surface area contributed by atoms with E-state index >= 15 is 0 Å². The second kappa shape index (κ2) is 6.26. The van der Waals surface area contributed by atoms with Gasteiger partial charge in [-0.15, -0.1) is 0 Å². The van der Waals surface area contributed by atoms with Gasteiger partial charge in [0.15, 0.2) is 0 Å². The SMILES string of the molecule is COc1ccc(C2=CCCc3ccc(C(=O)NN)cc32)c(C)c1. The van der Waals surface area contributed by atoms with Crippen LogP contribution >= 0.6 is 0 Å². The van der Waals surface area contributed by atoms with Crippen molar-refractivity contribution in [3.63, 3.8) is 0 Å². The third-order valence-corrected chi connectivity index (χ3v) is 4.28. The zero-order chi connectivity index (χ0) is 16.4. The number of nitrogens with two attached hydrogens (primary N) is 1. The molecule has 0 spiro atoms. The van der Waals surface area contributed by atoms with Gasteiger partial charge in [0.05, 0.1) is 7.11 Å². The second-order valence-electron chi connectivity index (χ2n) is 5.68. The maximum atomic E-state index is 11.8. The average Bonchev–Trinajstić information content (AvgIpc) is 2.60. The van der Waals surface area contributed by atoms with Crippen LogP contribution in [0, 0.1) is 6.92 Å². The summed E-state index contributed by atoms with van der Waals surface area (Å²) in [5.41, 5.74) is 8.61. The van der Waals surface area contributed by atoms with E-state index in [2.05, 4.69) is 24.5 Å². The molecule has 0 heterocycles. The Bertz CT molecular complexity index is 794. The maximum Gasteiger partial charge on any atom is 0.265 e. The van der Waals surface area contributed by atoms with E-state index in [0.717, 1.165) is 40.9 Å². The van der Waals surface area contributed by atoms with E-state index in [-0.39, 0.29) is 5.91 Å². The zero-order valence-electron chi connectivity index (χ0n) is 13.3. The number of methoxy groups -OCH3 is 1. The Hall–Kier alpha value is -2.59. The number of benzene rings is 2. The number of amides is 1. The molecule has 1 aliphatic carbocycles. The Kier molecular flexibility index (Phi) is 4.17. The largest absolute Gasteiger partial charge is 0.497 e. The van der Waals surface area contributed by atoms with Gasteiger partial charge in [-0.25, -0.2) is 5.84 Å². The highest BCUT2D eigenvalue weighted by atomic mass is 16.5. The number of nitrogen functional groups attached to an aromatic ring is 1. The van der Waals surface area contributed by atoms with Crippen molar-refractivity contribution in [2.24, 2.45) is 5.84 Å². The van der Waals surface area contributed by atoms with Crippen LogP contribution in [-0.4, -0.2) is 13.0 Å². The molecule has 0 saturated carbocycles. The van der Waals surface area contributed by atoms with Crippen molar-refractivity contribution >= 4 is 11.5 Å². The highest BCUT2D eigenvalue weighted by Gasteiger charge is 2.18. The Labute approximate surface area is 135 Å². The first kappa shape index (κ1) is 15.3. The van der Waals surface area contributed by atoms with Crippen LogP contribution in [0.2, 0.25) is 0 Å². The first-order valence-corrected chi connectivity index (χ1v) is 7.63. The highest BCUT2D eigenvalue weighted by molar-refractivity contribution is 5.96. The van der Waals surface area contributed by atoms with Gasteiger partial charge in [-0.05, 0) is 71.9 Å². The van der Waals surface area contributed by atoms with Crippen molar-refractivity contribution in [2.75, 3.05) is 7.11 Å². The number of allylic oxidation sites excluding steroid dienone is 1. The normalized spacial score (nSPS) is 13.1. The van der Waals surface area contributed by atoms with Crippen LogP contribution in [0.1, 0.15) is 39.0 Å². The molecule has 2 aromatic rings. The number of hydrazine groups is 1. The van der Waals surface area contributed by atoms with E-state index in [1.54, 1.807) is 7.11 Å². The van der Waals surface area contributed by atoms with Crippen LogP contribution in [0.25, 0.3) is 5.57 Å². The second-order valence-corrected chi connectivity index (χ2v) is 5.68. The number of hydrogen-bond donors (Lipinski definition) is 2. The minimum absolute atomic E-state index is 0.274. The third kappa shape index (κ3) is 2.85. The van der Waals surface area contributed by atoms with E-state index < -0.39 is 0 Å². The molecule has 0 atom stereocenters. The first-order chi connectivity index (χ1) is 11.1. The summed E-state index contributed by atoms with van der Waals surface area (Å²) in [6.45, 7) is 2.07. The molecule has 0 radical (unpaired) electrons. The molecule has 0 fully saturated rings. The van der Waals surface area contributed by atoms with E-state index in [4.69, 9.17) is 10.6 Å². The number of carbonyl (C=O) groups is 1. The Balaban J connectivity index is 2.09. The molecule has 0 bridgehead atoms. The molecule has 0 aromatic heterocycles. The number of hydrogen-bond acceptors (Lipinski definition) is 3. The van der Waals surface area contributed by atoms with Crippen molar-refractivity contribution in [3.8, 4) is 5.75 Å².